The van der Waals surface area contributed by atoms with Gasteiger partial charge >= 0.3 is 6.09 Å². The lowest BCUT2D eigenvalue weighted by Crippen LogP contribution is -2.52. The number of rotatable bonds is 9. The summed E-state index contributed by atoms with van der Waals surface area (Å²) in [5.74, 6) is 0. The molecule has 2 N–H and O–H groups in total. The summed E-state index contributed by atoms with van der Waals surface area (Å²) in [4.78, 5) is 11.7. The molecule has 1 saturated carbocycles. The van der Waals surface area contributed by atoms with Crippen LogP contribution in [0.25, 0.3) is 0 Å². The van der Waals surface area contributed by atoms with Crippen LogP contribution in [0.3, 0.4) is 0 Å². The first kappa shape index (κ1) is 17.8. The molecule has 0 radical (unpaired) electrons. The van der Waals surface area contributed by atoms with Gasteiger partial charge in [0.25, 0.3) is 0 Å². The van der Waals surface area contributed by atoms with Crippen molar-refractivity contribution in [2.24, 2.45) is 0 Å². The van der Waals surface area contributed by atoms with E-state index in [0.29, 0.717) is 18.8 Å². The van der Waals surface area contributed by atoms with E-state index in [1.165, 1.54) is 0 Å². The molecule has 0 atom stereocenters. The minimum atomic E-state index is -0.331. The van der Waals surface area contributed by atoms with Crippen molar-refractivity contribution in [1.29, 1.82) is 0 Å². The smallest absolute Gasteiger partial charge is 0.407 e. The topological polar surface area (TPSA) is 59.6 Å². The fraction of sp³-hybridized carbons (Fsp3) is 0.611. The second-order valence-corrected chi connectivity index (χ2v) is 6.30. The third-order valence-corrected chi connectivity index (χ3v) is 3.88. The molecule has 2 rings (SSSR count). The molecule has 0 aromatic heterocycles. The lowest BCUT2D eigenvalue weighted by Gasteiger charge is -2.36. The zero-order chi connectivity index (χ0) is 16.5. The second-order valence-electron chi connectivity index (χ2n) is 6.30. The van der Waals surface area contributed by atoms with Gasteiger partial charge in [-0.05, 0) is 45.2 Å². The maximum Gasteiger partial charge on any atom is 0.407 e. The van der Waals surface area contributed by atoms with Crippen molar-refractivity contribution in [3.8, 4) is 0 Å². The summed E-state index contributed by atoms with van der Waals surface area (Å²) in [5.41, 5.74) is 0.999. The lowest BCUT2D eigenvalue weighted by molar-refractivity contribution is 0.0757. The summed E-state index contributed by atoms with van der Waals surface area (Å²) >= 11 is 0. The minimum Gasteiger partial charge on any atom is -0.445 e. The van der Waals surface area contributed by atoms with E-state index in [1.807, 2.05) is 44.2 Å². The van der Waals surface area contributed by atoms with Gasteiger partial charge in [0.15, 0.2) is 0 Å². The molecule has 0 bridgehead atoms. The van der Waals surface area contributed by atoms with Gasteiger partial charge in [-0.1, -0.05) is 30.3 Å². The largest absolute Gasteiger partial charge is 0.445 e. The van der Waals surface area contributed by atoms with Gasteiger partial charge in [0, 0.05) is 18.7 Å². The Balaban J connectivity index is 1.48. The standard InChI is InChI=1S/C18H28N2O3/c1-14(2)22-10-6-9-19-16-11-17(12-16)20-18(21)23-13-15-7-4-3-5-8-15/h3-5,7-8,14,16-17,19H,6,9-13H2,1-2H3,(H,20,21). The molecule has 1 aliphatic rings. The van der Waals surface area contributed by atoms with Crippen LogP contribution in [0.4, 0.5) is 4.79 Å². The summed E-state index contributed by atoms with van der Waals surface area (Å²) in [5, 5.41) is 6.39. The van der Waals surface area contributed by atoms with Crippen LogP contribution >= 0.6 is 0 Å². The van der Waals surface area contributed by atoms with E-state index in [9.17, 15) is 4.79 Å². The molecule has 23 heavy (non-hydrogen) atoms. The number of nitrogens with one attached hydrogen (secondary N) is 2. The van der Waals surface area contributed by atoms with Crippen LogP contribution in [0.1, 0.15) is 38.7 Å². The average Bonchev–Trinajstić information content (AvgIpc) is 2.50. The van der Waals surface area contributed by atoms with E-state index in [-0.39, 0.29) is 12.1 Å². The number of amides is 1. The molecule has 1 amide bonds. The Labute approximate surface area is 138 Å². The molecule has 1 fully saturated rings. The van der Waals surface area contributed by atoms with Crippen LogP contribution in [0.2, 0.25) is 0 Å². The van der Waals surface area contributed by atoms with Crippen LogP contribution in [0, 0.1) is 0 Å². The number of benzene rings is 1. The average molecular weight is 320 g/mol. The zero-order valence-corrected chi connectivity index (χ0v) is 14.1. The van der Waals surface area contributed by atoms with Gasteiger partial charge in [0.05, 0.1) is 6.10 Å². The molecule has 5 heteroatoms. The molecular formula is C18H28N2O3. The van der Waals surface area contributed by atoms with E-state index in [1.54, 1.807) is 0 Å². The summed E-state index contributed by atoms with van der Waals surface area (Å²) < 4.78 is 10.7. The molecule has 0 aliphatic heterocycles. The molecule has 1 aromatic carbocycles. The Kier molecular flexibility index (Phi) is 7.36. The Morgan fingerprint density at radius 1 is 1.22 bits per heavy atom. The molecule has 0 unspecified atom stereocenters. The molecule has 1 aliphatic carbocycles. The quantitative estimate of drug-likeness (QED) is 0.687. The van der Waals surface area contributed by atoms with E-state index in [4.69, 9.17) is 9.47 Å². The maximum absolute atomic E-state index is 11.7. The molecular weight excluding hydrogens is 292 g/mol. The highest BCUT2D eigenvalue weighted by Gasteiger charge is 2.30. The number of carbonyl (C=O) groups excluding carboxylic acids is 1. The van der Waals surface area contributed by atoms with Gasteiger partial charge in [-0.25, -0.2) is 4.79 Å². The van der Waals surface area contributed by atoms with Gasteiger partial charge in [-0.3, -0.25) is 0 Å². The Morgan fingerprint density at radius 2 is 1.96 bits per heavy atom. The number of hydrogen-bond acceptors (Lipinski definition) is 4. The van der Waals surface area contributed by atoms with Crippen molar-refractivity contribution in [3.63, 3.8) is 0 Å². The highest BCUT2D eigenvalue weighted by molar-refractivity contribution is 5.67. The molecule has 5 nitrogen and oxygen atoms in total. The van der Waals surface area contributed by atoms with E-state index < -0.39 is 0 Å². The summed E-state index contributed by atoms with van der Waals surface area (Å²) in [7, 11) is 0. The Hall–Kier alpha value is -1.59. The minimum absolute atomic E-state index is 0.225. The summed E-state index contributed by atoms with van der Waals surface area (Å²) in [6.45, 7) is 6.17. The first-order valence-corrected chi connectivity index (χ1v) is 8.45. The van der Waals surface area contributed by atoms with Crippen LogP contribution in [-0.4, -0.2) is 37.4 Å². The SMILES string of the molecule is CC(C)OCCCNC1CC(NC(=O)OCc2ccccc2)C1. The lowest BCUT2D eigenvalue weighted by atomic mass is 9.87. The molecule has 0 spiro atoms. The Bertz CT molecular complexity index is 459. The predicted molar refractivity (Wildman–Crippen MR) is 90.3 cm³/mol. The van der Waals surface area contributed by atoms with Crippen LogP contribution in [0.5, 0.6) is 0 Å². The summed E-state index contributed by atoms with van der Waals surface area (Å²) in [6, 6.07) is 10.4. The fourth-order valence-electron chi connectivity index (χ4n) is 2.53. The third-order valence-electron chi connectivity index (χ3n) is 3.88. The highest BCUT2D eigenvalue weighted by Crippen LogP contribution is 2.20. The molecule has 128 valence electrons. The maximum atomic E-state index is 11.7. The normalized spacial score (nSPS) is 20.1. The molecule has 1 aromatic rings. The number of alkyl carbamates (subject to hydrolysis) is 1. The van der Waals surface area contributed by atoms with Gasteiger partial charge < -0.3 is 20.1 Å². The number of ether oxygens (including phenoxy) is 2. The number of hydrogen-bond donors (Lipinski definition) is 2. The first-order valence-electron chi connectivity index (χ1n) is 8.45. The monoisotopic (exact) mass is 320 g/mol. The second kappa shape index (κ2) is 9.53. The van der Waals surface area contributed by atoms with Crippen molar-refractivity contribution >= 4 is 6.09 Å². The van der Waals surface area contributed by atoms with Crippen molar-refractivity contribution in [1.82, 2.24) is 10.6 Å². The van der Waals surface area contributed by atoms with Gasteiger partial charge in [-0.2, -0.15) is 0 Å². The van der Waals surface area contributed by atoms with E-state index in [2.05, 4.69) is 10.6 Å². The zero-order valence-electron chi connectivity index (χ0n) is 14.1. The van der Waals surface area contributed by atoms with Crippen molar-refractivity contribution < 1.29 is 14.3 Å². The Morgan fingerprint density at radius 3 is 2.65 bits per heavy atom. The van der Waals surface area contributed by atoms with Gasteiger partial charge in [0.1, 0.15) is 6.61 Å². The van der Waals surface area contributed by atoms with Gasteiger partial charge in [-0.15, -0.1) is 0 Å². The van der Waals surface area contributed by atoms with E-state index >= 15 is 0 Å². The van der Waals surface area contributed by atoms with Crippen molar-refractivity contribution in [3.05, 3.63) is 35.9 Å². The summed E-state index contributed by atoms with van der Waals surface area (Å²) in [6.07, 6.45) is 2.92. The first-order chi connectivity index (χ1) is 11.1. The fourth-order valence-corrected chi connectivity index (χ4v) is 2.53. The van der Waals surface area contributed by atoms with Crippen molar-refractivity contribution in [2.75, 3.05) is 13.2 Å². The molecule has 0 heterocycles. The van der Waals surface area contributed by atoms with Gasteiger partial charge in [0.2, 0.25) is 0 Å². The van der Waals surface area contributed by atoms with Crippen LogP contribution in [0.15, 0.2) is 30.3 Å². The van der Waals surface area contributed by atoms with Crippen molar-refractivity contribution in [2.45, 2.75) is 57.9 Å². The molecule has 0 saturated heterocycles. The highest BCUT2D eigenvalue weighted by atomic mass is 16.5. The third kappa shape index (κ3) is 7.01. The predicted octanol–water partition coefficient (Wildman–Crippen LogP) is 2.85. The van der Waals surface area contributed by atoms with Crippen LogP contribution < -0.4 is 10.6 Å². The number of carbonyl (C=O) groups is 1. The van der Waals surface area contributed by atoms with E-state index in [0.717, 1.165) is 38.0 Å². The van der Waals surface area contributed by atoms with Crippen LogP contribution in [-0.2, 0) is 16.1 Å².